The zero-order chi connectivity index (χ0) is 24.5. The molecule has 36 heavy (non-hydrogen) atoms. The van der Waals surface area contributed by atoms with Gasteiger partial charge in [-0.25, -0.2) is 9.97 Å². The molecule has 8 nitrogen and oxygen atoms in total. The second-order valence-corrected chi connectivity index (χ2v) is 9.05. The number of rotatable bonds is 3. The van der Waals surface area contributed by atoms with Crippen molar-refractivity contribution in [2.75, 3.05) is 16.0 Å². The quantitative estimate of drug-likeness (QED) is 0.253. The van der Waals surface area contributed by atoms with Gasteiger partial charge in [0.05, 0.1) is 23.7 Å². The molecular weight excluding hydrogens is 474 g/mol. The van der Waals surface area contributed by atoms with Gasteiger partial charge >= 0.3 is 0 Å². The minimum absolute atomic E-state index is 0.136. The third-order valence-corrected chi connectivity index (χ3v) is 6.30. The number of para-hydroxylation sites is 2. The van der Waals surface area contributed by atoms with E-state index >= 15 is 0 Å². The lowest BCUT2D eigenvalue weighted by molar-refractivity contribution is -0.115. The minimum atomic E-state index is -0.136. The number of aromatic nitrogens is 4. The zero-order valence-electron chi connectivity index (χ0n) is 19.2. The highest BCUT2D eigenvalue weighted by Crippen LogP contribution is 2.29. The molecule has 0 aliphatic carbocycles. The molecule has 0 saturated carbocycles. The van der Waals surface area contributed by atoms with Gasteiger partial charge in [-0.15, -0.1) is 0 Å². The number of halogens is 1. The maximum absolute atomic E-state index is 12.9. The number of carbonyl (C=O) groups is 1. The van der Waals surface area contributed by atoms with Gasteiger partial charge in [-0.1, -0.05) is 35.9 Å². The van der Waals surface area contributed by atoms with Crippen LogP contribution in [0.15, 0.2) is 72.9 Å². The summed E-state index contributed by atoms with van der Waals surface area (Å²) in [5.41, 5.74) is 6.39. The van der Waals surface area contributed by atoms with Crippen molar-refractivity contribution in [1.29, 1.82) is 0 Å². The SMILES string of the molecule is O=C(Cc1nc2ccccc2[nH]1)Nc1ccc2cc1CCc1cccc(c1)Nc1ncc(Cl)c(n1)N2. The molecule has 178 valence electrons. The Labute approximate surface area is 212 Å². The first-order chi connectivity index (χ1) is 17.6. The molecular formula is C27H22ClN7O. The van der Waals surface area contributed by atoms with E-state index in [1.165, 1.54) is 0 Å². The predicted molar refractivity (Wildman–Crippen MR) is 142 cm³/mol. The number of nitrogens with zero attached hydrogens (tertiary/aromatic N) is 3. The maximum Gasteiger partial charge on any atom is 0.231 e. The van der Waals surface area contributed by atoms with Crippen molar-refractivity contribution in [1.82, 2.24) is 19.9 Å². The van der Waals surface area contributed by atoms with Crippen LogP contribution in [0.1, 0.15) is 17.0 Å². The van der Waals surface area contributed by atoms with Gasteiger partial charge in [-0.2, -0.15) is 4.98 Å². The third-order valence-electron chi connectivity index (χ3n) is 6.02. The van der Waals surface area contributed by atoms with Gasteiger partial charge in [-0.3, -0.25) is 4.79 Å². The number of hydrogen-bond acceptors (Lipinski definition) is 6. The van der Waals surface area contributed by atoms with Gasteiger partial charge < -0.3 is 20.9 Å². The summed E-state index contributed by atoms with van der Waals surface area (Å²) in [6.07, 6.45) is 3.25. The Bertz CT molecular complexity index is 1560. The Morgan fingerprint density at radius 3 is 2.75 bits per heavy atom. The van der Waals surface area contributed by atoms with Crippen molar-refractivity contribution in [3.63, 3.8) is 0 Å². The lowest BCUT2D eigenvalue weighted by Gasteiger charge is -2.14. The van der Waals surface area contributed by atoms with Gasteiger partial charge in [0, 0.05) is 17.1 Å². The van der Waals surface area contributed by atoms with Crippen LogP contribution in [0, 0.1) is 0 Å². The van der Waals surface area contributed by atoms with E-state index in [0.717, 1.165) is 52.1 Å². The van der Waals surface area contributed by atoms with E-state index in [1.807, 2.05) is 54.6 Å². The number of aromatic amines is 1. The number of hydrogen-bond donors (Lipinski definition) is 4. The zero-order valence-corrected chi connectivity index (χ0v) is 19.9. The van der Waals surface area contributed by atoms with Crippen molar-refractivity contribution in [2.24, 2.45) is 0 Å². The van der Waals surface area contributed by atoms with E-state index in [1.54, 1.807) is 6.20 Å². The topological polar surface area (TPSA) is 108 Å². The molecule has 0 fully saturated rings. The number of nitrogens with one attached hydrogen (secondary N) is 4. The second kappa shape index (κ2) is 9.31. The van der Waals surface area contributed by atoms with Crippen LogP contribution < -0.4 is 16.0 Å². The van der Waals surface area contributed by atoms with Crippen molar-refractivity contribution >= 4 is 57.4 Å². The van der Waals surface area contributed by atoms with Crippen LogP contribution >= 0.6 is 11.6 Å². The van der Waals surface area contributed by atoms with Gasteiger partial charge in [0.2, 0.25) is 11.9 Å². The van der Waals surface area contributed by atoms with E-state index in [9.17, 15) is 4.79 Å². The molecule has 3 aromatic carbocycles. The number of carbonyl (C=O) groups excluding carboxylic acids is 1. The highest BCUT2D eigenvalue weighted by molar-refractivity contribution is 6.32. The normalized spacial score (nSPS) is 12.5. The lowest BCUT2D eigenvalue weighted by Crippen LogP contribution is -2.16. The highest BCUT2D eigenvalue weighted by Gasteiger charge is 2.14. The van der Waals surface area contributed by atoms with E-state index in [-0.39, 0.29) is 12.3 Å². The number of aryl methyl sites for hydroxylation is 2. The Morgan fingerprint density at radius 1 is 0.944 bits per heavy atom. The van der Waals surface area contributed by atoms with Gasteiger partial charge in [0.1, 0.15) is 10.8 Å². The molecule has 1 aliphatic rings. The third kappa shape index (κ3) is 4.71. The summed E-state index contributed by atoms with van der Waals surface area (Å²) < 4.78 is 0. The Hall–Kier alpha value is -4.43. The van der Waals surface area contributed by atoms with E-state index in [0.29, 0.717) is 22.6 Å². The highest BCUT2D eigenvalue weighted by atomic mass is 35.5. The first-order valence-electron chi connectivity index (χ1n) is 11.6. The summed E-state index contributed by atoms with van der Waals surface area (Å²) in [5.74, 6) is 1.44. The van der Waals surface area contributed by atoms with Crippen molar-refractivity contribution in [2.45, 2.75) is 19.3 Å². The average molecular weight is 496 g/mol. The summed E-state index contributed by atoms with van der Waals surface area (Å²) in [5, 5.41) is 10.0. The molecule has 0 unspecified atom stereocenters. The van der Waals surface area contributed by atoms with E-state index in [4.69, 9.17) is 11.6 Å². The summed E-state index contributed by atoms with van der Waals surface area (Å²) >= 11 is 6.36. The van der Waals surface area contributed by atoms with Crippen LogP contribution in [0.4, 0.5) is 28.8 Å². The fourth-order valence-corrected chi connectivity index (χ4v) is 4.44. The van der Waals surface area contributed by atoms with Gasteiger partial charge in [0.15, 0.2) is 5.82 Å². The molecule has 0 atom stereocenters. The van der Waals surface area contributed by atoms with Gasteiger partial charge in [-0.05, 0) is 66.4 Å². The van der Waals surface area contributed by atoms with Crippen molar-refractivity contribution < 1.29 is 4.79 Å². The standard InChI is InChI=1S/C27H22ClN7O/c28-20-15-29-27-31-18-5-3-4-16(12-18)8-9-17-13-19(30-26(20)35-27)10-11-21(17)34-25(36)14-24-32-22-6-1-2-7-23(22)33-24/h1-7,10-13,15H,8-9,14H2,(H,32,33)(H,34,36)(H2,29,30,31,35). The fraction of sp³-hybridized carbons (Fsp3) is 0.111. The molecule has 9 heteroatoms. The number of benzene rings is 3. The smallest absolute Gasteiger partial charge is 0.231 e. The number of imidazole rings is 1. The second-order valence-electron chi connectivity index (χ2n) is 8.64. The largest absolute Gasteiger partial charge is 0.342 e. The molecule has 6 rings (SSSR count). The molecule has 2 aromatic heterocycles. The monoisotopic (exact) mass is 495 g/mol. The average Bonchev–Trinajstić information content (AvgIpc) is 3.28. The summed E-state index contributed by atoms with van der Waals surface area (Å²) in [6.45, 7) is 0. The Morgan fingerprint density at radius 2 is 1.83 bits per heavy atom. The van der Waals surface area contributed by atoms with Crippen LogP contribution in [0.3, 0.4) is 0 Å². The Balaban J connectivity index is 1.30. The van der Waals surface area contributed by atoms with Crippen LogP contribution in [-0.4, -0.2) is 25.8 Å². The predicted octanol–water partition coefficient (Wildman–Crippen LogP) is 5.77. The summed E-state index contributed by atoms with van der Waals surface area (Å²) in [4.78, 5) is 29.5. The number of H-pyrrole nitrogens is 1. The molecule has 0 radical (unpaired) electrons. The van der Waals surface area contributed by atoms with E-state index < -0.39 is 0 Å². The van der Waals surface area contributed by atoms with Crippen LogP contribution in [0.5, 0.6) is 0 Å². The molecule has 6 bridgehead atoms. The number of anilines is 5. The van der Waals surface area contributed by atoms with Crippen LogP contribution in [0.25, 0.3) is 11.0 Å². The van der Waals surface area contributed by atoms with Crippen LogP contribution in [0.2, 0.25) is 5.02 Å². The fourth-order valence-electron chi connectivity index (χ4n) is 4.30. The summed E-state index contributed by atoms with van der Waals surface area (Å²) in [6, 6.07) is 21.7. The molecule has 1 aliphatic heterocycles. The molecule has 0 spiro atoms. The first kappa shape index (κ1) is 22.1. The van der Waals surface area contributed by atoms with Gasteiger partial charge in [0.25, 0.3) is 0 Å². The summed E-state index contributed by atoms with van der Waals surface area (Å²) in [7, 11) is 0. The first-order valence-corrected chi connectivity index (χ1v) is 12.0. The maximum atomic E-state index is 12.9. The number of fused-ring (bicyclic) bond motifs is 7. The van der Waals surface area contributed by atoms with Crippen molar-refractivity contribution in [3.05, 3.63) is 94.9 Å². The molecule has 5 aromatic rings. The molecule has 1 amide bonds. The molecule has 0 saturated heterocycles. The molecule has 3 heterocycles. The lowest BCUT2D eigenvalue weighted by atomic mass is 10.0. The van der Waals surface area contributed by atoms with Crippen molar-refractivity contribution in [3.8, 4) is 0 Å². The number of amides is 1. The minimum Gasteiger partial charge on any atom is -0.342 e. The molecule has 4 N–H and O–H groups in total. The Kier molecular flexibility index (Phi) is 5.71. The van der Waals surface area contributed by atoms with Crippen LogP contribution in [-0.2, 0) is 24.1 Å². The van der Waals surface area contributed by atoms with E-state index in [2.05, 4.69) is 48.0 Å².